The average Bonchev–Trinajstić information content (AvgIpc) is 2.96. The van der Waals surface area contributed by atoms with Crippen molar-refractivity contribution in [2.75, 3.05) is 5.32 Å². The first-order chi connectivity index (χ1) is 14.6. The van der Waals surface area contributed by atoms with Gasteiger partial charge in [-0.2, -0.15) is 0 Å². The standard InChI is InChI=1S/C23H21FN4O2/c1-15-19(13-25-14-20(15)24)23(29)27-17-9-10-18-16(12-17)6-2-3-7-21(18)28-30-22-8-4-5-11-26-22/h4-5,8-14H,2-3,6-7H2,1H3,(H,27,29)/b28-21+. The molecule has 0 radical (unpaired) electrons. The van der Waals surface area contributed by atoms with Crippen LogP contribution in [0.4, 0.5) is 10.1 Å². The van der Waals surface area contributed by atoms with E-state index >= 15 is 0 Å². The average molecular weight is 404 g/mol. The Morgan fingerprint density at radius 1 is 1.17 bits per heavy atom. The van der Waals surface area contributed by atoms with Crippen molar-refractivity contribution in [3.63, 3.8) is 0 Å². The van der Waals surface area contributed by atoms with Crippen LogP contribution in [0.3, 0.4) is 0 Å². The van der Waals surface area contributed by atoms with E-state index in [1.807, 2.05) is 30.3 Å². The normalized spacial score (nSPS) is 14.7. The zero-order valence-electron chi connectivity index (χ0n) is 16.6. The second kappa shape index (κ2) is 8.82. The number of anilines is 1. The minimum absolute atomic E-state index is 0.218. The van der Waals surface area contributed by atoms with Crippen LogP contribution in [0, 0.1) is 12.7 Å². The number of hydrogen-bond donors (Lipinski definition) is 1. The summed E-state index contributed by atoms with van der Waals surface area (Å²) in [7, 11) is 0. The lowest BCUT2D eigenvalue weighted by Crippen LogP contribution is -2.15. The smallest absolute Gasteiger partial charge is 0.257 e. The molecule has 0 saturated heterocycles. The third-order valence-electron chi connectivity index (χ3n) is 5.07. The third kappa shape index (κ3) is 4.35. The molecule has 3 aromatic rings. The number of nitrogens with zero attached hydrogens (tertiary/aromatic N) is 3. The summed E-state index contributed by atoms with van der Waals surface area (Å²) in [6, 6.07) is 11.1. The predicted molar refractivity (Wildman–Crippen MR) is 112 cm³/mol. The lowest BCUT2D eigenvalue weighted by molar-refractivity contribution is 0.102. The molecule has 2 heterocycles. The van der Waals surface area contributed by atoms with Crippen LogP contribution >= 0.6 is 0 Å². The van der Waals surface area contributed by atoms with Crippen LogP contribution in [-0.2, 0) is 6.42 Å². The topological polar surface area (TPSA) is 76.5 Å². The lowest BCUT2D eigenvalue weighted by Gasteiger charge is -2.12. The number of nitrogens with one attached hydrogen (secondary N) is 1. The maximum atomic E-state index is 13.7. The van der Waals surface area contributed by atoms with E-state index in [-0.39, 0.29) is 17.0 Å². The quantitative estimate of drug-likeness (QED) is 0.506. The molecule has 1 amide bonds. The monoisotopic (exact) mass is 404 g/mol. The molecule has 0 fully saturated rings. The molecular formula is C23H21FN4O2. The lowest BCUT2D eigenvalue weighted by atomic mass is 10.0. The minimum Gasteiger partial charge on any atom is -0.336 e. The van der Waals surface area contributed by atoms with Gasteiger partial charge >= 0.3 is 0 Å². The van der Waals surface area contributed by atoms with Crippen LogP contribution < -0.4 is 10.2 Å². The molecule has 30 heavy (non-hydrogen) atoms. The van der Waals surface area contributed by atoms with Gasteiger partial charge in [-0.1, -0.05) is 17.3 Å². The first-order valence-electron chi connectivity index (χ1n) is 9.81. The van der Waals surface area contributed by atoms with Gasteiger partial charge in [-0.3, -0.25) is 9.78 Å². The molecule has 0 bridgehead atoms. The van der Waals surface area contributed by atoms with E-state index in [0.29, 0.717) is 11.6 Å². The fourth-order valence-electron chi connectivity index (χ4n) is 3.43. The highest BCUT2D eigenvalue weighted by Crippen LogP contribution is 2.25. The number of fused-ring (bicyclic) bond motifs is 1. The SMILES string of the molecule is Cc1c(F)cncc1C(=O)Nc1ccc2c(c1)CCCC/C2=N\Oc1ccccn1. The Kier molecular flexibility index (Phi) is 5.79. The Morgan fingerprint density at radius 2 is 2.03 bits per heavy atom. The molecule has 1 aliphatic rings. The maximum Gasteiger partial charge on any atom is 0.257 e. The fourth-order valence-corrected chi connectivity index (χ4v) is 3.43. The van der Waals surface area contributed by atoms with Crippen LogP contribution in [0.15, 0.2) is 60.1 Å². The van der Waals surface area contributed by atoms with Gasteiger partial charge in [0.15, 0.2) is 0 Å². The number of hydrogen-bond acceptors (Lipinski definition) is 5. The van der Waals surface area contributed by atoms with Gasteiger partial charge in [-0.15, -0.1) is 0 Å². The van der Waals surface area contributed by atoms with Crippen molar-refractivity contribution in [1.29, 1.82) is 0 Å². The number of benzene rings is 1. The van der Waals surface area contributed by atoms with Crippen LogP contribution in [0.25, 0.3) is 0 Å². The van der Waals surface area contributed by atoms with Gasteiger partial charge in [0.25, 0.3) is 5.91 Å². The first kappa shape index (κ1) is 19.7. The number of halogens is 1. The van der Waals surface area contributed by atoms with Crippen LogP contribution in [0.1, 0.15) is 46.3 Å². The van der Waals surface area contributed by atoms with Gasteiger partial charge in [-0.05, 0) is 56.4 Å². The highest BCUT2D eigenvalue weighted by atomic mass is 19.1. The number of amides is 1. The maximum absolute atomic E-state index is 13.7. The Labute approximate surface area is 173 Å². The molecule has 6 nitrogen and oxygen atoms in total. The van der Waals surface area contributed by atoms with Gasteiger partial charge in [0.2, 0.25) is 5.88 Å². The summed E-state index contributed by atoms with van der Waals surface area (Å²) in [4.78, 5) is 26.0. The van der Waals surface area contributed by atoms with Gasteiger partial charge in [0.05, 0.1) is 17.5 Å². The van der Waals surface area contributed by atoms with E-state index in [2.05, 4.69) is 20.4 Å². The molecule has 1 aliphatic carbocycles. The molecular weight excluding hydrogens is 383 g/mol. The van der Waals surface area contributed by atoms with E-state index in [1.54, 1.807) is 19.2 Å². The number of oxime groups is 1. The van der Waals surface area contributed by atoms with Crippen LogP contribution in [-0.4, -0.2) is 21.6 Å². The van der Waals surface area contributed by atoms with E-state index in [1.165, 1.54) is 6.20 Å². The summed E-state index contributed by atoms with van der Waals surface area (Å²) in [5.41, 5.74) is 4.09. The first-order valence-corrected chi connectivity index (χ1v) is 9.81. The van der Waals surface area contributed by atoms with Crippen molar-refractivity contribution in [2.45, 2.75) is 32.6 Å². The highest BCUT2D eigenvalue weighted by molar-refractivity contribution is 6.06. The van der Waals surface area contributed by atoms with E-state index < -0.39 is 5.82 Å². The van der Waals surface area contributed by atoms with Crippen molar-refractivity contribution in [3.8, 4) is 5.88 Å². The molecule has 0 aliphatic heterocycles. The summed E-state index contributed by atoms with van der Waals surface area (Å²) < 4.78 is 13.7. The number of rotatable bonds is 4. The summed E-state index contributed by atoms with van der Waals surface area (Å²) >= 11 is 0. The van der Waals surface area contributed by atoms with Crippen molar-refractivity contribution in [3.05, 3.63) is 83.1 Å². The van der Waals surface area contributed by atoms with Gasteiger partial charge < -0.3 is 10.2 Å². The van der Waals surface area contributed by atoms with Crippen molar-refractivity contribution < 1.29 is 14.0 Å². The molecule has 1 aromatic carbocycles. The second-order valence-corrected chi connectivity index (χ2v) is 7.12. The zero-order chi connectivity index (χ0) is 20.9. The Hall–Kier alpha value is -3.61. The van der Waals surface area contributed by atoms with E-state index in [9.17, 15) is 9.18 Å². The minimum atomic E-state index is -0.502. The van der Waals surface area contributed by atoms with Gasteiger partial charge in [0.1, 0.15) is 5.82 Å². The fraction of sp³-hybridized carbons (Fsp3) is 0.217. The molecule has 4 rings (SSSR count). The molecule has 0 saturated carbocycles. The summed E-state index contributed by atoms with van der Waals surface area (Å²) in [6.45, 7) is 1.56. The van der Waals surface area contributed by atoms with Crippen LogP contribution in [0.5, 0.6) is 5.88 Å². The third-order valence-corrected chi connectivity index (χ3v) is 5.07. The second-order valence-electron chi connectivity index (χ2n) is 7.12. The Balaban J connectivity index is 1.57. The predicted octanol–water partition coefficient (Wildman–Crippen LogP) is 4.69. The van der Waals surface area contributed by atoms with Crippen molar-refractivity contribution in [1.82, 2.24) is 9.97 Å². The molecule has 152 valence electrons. The van der Waals surface area contributed by atoms with Crippen LogP contribution in [0.2, 0.25) is 0 Å². The molecule has 0 unspecified atom stereocenters. The number of aromatic nitrogens is 2. The summed E-state index contributed by atoms with van der Waals surface area (Å²) in [5.74, 6) is -0.447. The highest BCUT2D eigenvalue weighted by Gasteiger charge is 2.17. The molecule has 7 heteroatoms. The largest absolute Gasteiger partial charge is 0.336 e. The summed E-state index contributed by atoms with van der Waals surface area (Å²) in [5, 5.41) is 7.17. The van der Waals surface area contributed by atoms with Crippen molar-refractivity contribution >= 4 is 17.3 Å². The Morgan fingerprint density at radius 3 is 2.87 bits per heavy atom. The molecule has 0 spiro atoms. The number of pyridine rings is 2. The van der Waals surface area contributed by atoms with E-state index in [0.717, 1.165) is 48.7 Å². The number of carbonyl (C=O) groups is 1. The van der Waals surface area contributed by atoms with E-state index in [4.69, 9.17) is 4.84 Å². The Bertz CT molecular complexity index is 1100. The summed E-state index contributed by atoms with van der Waals surface area (Å²) in [6.07, 6.45) is 7.82. The number of aryl methyl sites for hydroxylation is 1. The zero-order valence-corrected chi connectivity index (χ0v) is 16.6. The number of carbonyl (C=O) groups excluding carboxylic acids is 1. The van der Waals surface area contributed by atoms with Crippen molar-refractivity contribution in [2.24, 2.45) is 5.16 Å². The van der Waals surface area contributed by atoms with Gasteiger partial charge in [-0.25, -0.2) is 9.37 Å². The molecule has 1 N–H and O–H groups in total. The van der Waals surface area contributed by atoms with Gasteiger partial charge in [0, 0.05) is 35.3 Å². The molecule has 0 atom stereocenters. The molecule has 2 aromatic heterocycles.